The molecule has 8 nitrogen and oxygen atoms in total. The van der Waals surface area contributed by atoms with E-state index in [9.17, 15) is 23.1 Å². The summed E-state index contributed by atoms with van der Waals surface area (Å²) in [7, 11) is -1.05. The Balaban J connectivity index is 1.85. The number of halogens is 2. The van der Waals surface area contributed by atoms with Crippen molar-refractivity contribution in [1.29, 1.82) is 0 Å². The van der Waals surface area contributed by atoms with Gasteiger partial charge in [0.15, 0.2) is 15.6 Å². The Hall–Kier alpha value is -2.59. The van der Waals surface area contributed by atoms with E-state index in [1.807, 2.05) is 13.0 Å². The Bertz CT molecular complexity index is 1330. The second-order valence-corrected chi connectivity index (χ2v) is 10.2. The summed E-state index contributed by atoms with van der Waals surface area (Å²) in [6.45, 7) is 1.40. The number of hydrogen-bond acceptors (Lipinski definition) is 6. The molecule has 0 radical (unpaired) electrons. The van der Waals surface area contributed by atoms with E-state index in [-0.39, 0.29) is 4.90 Å². The first-order valence-electron chi connectivity index (χ1n) is 9.75. The Kier molecular flexibility index (Phi) is 7.38. The Morgan fingerprint density at radius 1 is 1.15 bits per heavy atom. The summed E-state index contributed by atoms with van der Waals surface area (Å²) < 4.78 is 30.6. The largest absolute Gasteiger partial charge is 0.468 e. The van der Waals surface area contributed by atoms with Gasteiger partial charge in [-0.15, -0.1) is 0 Å². The van der Waals surface area contributed by atoms with Crippen LogP contribution in [0, 0.1) is 6.92 Å². The summed E-state index contributed by atoms with van der Waals surface area (Å²) >= 11 is 12.6. The zero-order valence-electron chi connectivity index (χ0n) is 18.1. The molecule has 33 heavy (non-hydrogen) atoms. The molecular formula is C22H22Cl2N2O6S. The monoisotopic (exact) mass is 512 g/mol. The SMILES string of the molecule is COC(=O)CS(=O)(=O)c1ccc([C@@H](CO)NC(=O)c2cc3c(Cl)c(Cl)c(C)cc3n2C)cc1. The number of esters is 1. The molecular weight excluding hydrogens is 491 g/mol. The first-order chi connectivity index (χ1) is 15.5. The van der Waals surface area contributed by atoms with Crippen LogP contribution >= 0.6 is 23.2 Å². The molecule has 0 saturated heterocycles. The van der Waals surface area contributed by atoms with Crippen LogP contribution in [-0.2, 0) is 26.4 Å². The molecule has 3 rings (SSSR count). The standard InChI is InChI=1S/C22H22Cl2N2O6S/c1-12-8-17-15(21(24)20(12)23)9-18(26(17)2)22(29)25-16(10-27)13-4-6-14(7-5-13)33(30,31)11-19(28)32-3/h4-9,16,27H,10-11H2,1-3H3,(H,25,29)/t16-/m1/s1. The number of aliphatic hydroxyl groups is 1. The van der Waals surface area contributed by atoms with Gasteiger partial charge in [-0.2, -0.15) is 0 Å². The highest BCUT2D eigenvalue weighted by atomic mass is 35.5. The number of sulfone groups is 1. The lowest BCUT2D eigenvalue weighted by atomic mass is 10.1. The number of carbonyl (C=O) groups is 2. The molecule has 0 saturated carbocycles. The number of benzene rings is 2. The van der Waals surface area contributed by atoms with Crippen LogP contribution in [0.5, 0.6) is 0 Å². The minimum atomic E-state index is -3.87. The van der Waals surface area contributed by atoms with Crippen molar-refractivity contribution in [1.82, 2.24) is 9.88 Å². The fourth-order valence-electron chi connectivity index (χ4n) is 3.42. The van der Waals surface area contributed by atoms with Gasteiger partial charge in [0.1, 0.15) is 5.69 Å². The van der Waals surface area contributed by atoms with Crippen molar-refractivity contribution >= 4 is 55.8 Å². The second-order valence-electron chi connectivity index (χ2n) is 7.46. The van der Waals surface area contributed by atoms with Crippen LogP contribution in [0.15, 0.2) is 41.3 Å². The van der Waals surface area contributed by atoms with E-state index in [4.69, 9.17) is 23.2 Å². The number of aryl methyl sites for hydroxylation is 2. The maximum atomic E-state index is 13.0. The summed E-state index contributed by atoms with van der Waals surface area (Å²) in [6, 6.07) is 8.20. The van der Waals surface area contributed by atoms with Crippen LogP contribution in [-0.4, -0.2) is 49.4 Å². The predicted octanol–water partition coefficient (Wildman–Crippen LogP) is 3.20. The van der Waals surface area contributed by atoms with Crippen LogP contribution < -0.4 is 5.32 Å². The Labute approximate surface area is 201 Å². The van der Waals surface area contributed by atoms with Crippen LogP contribution in [0.1, 0.15) is 27.7 Å². The van der Waals surface area contributed by atoms with Crippen molar-refractivity contribution < 1.29 is 27.9 Å². The molecule has 1 amide bonds. The van der Waals surface area contributed by atoms with Gasteiger partial charge in [0.25, 0.3) is 5.91 Å². The smallest absolute Gasteiger partial charge is 0.321 e. The molecule has 11 heteroatoms. The highest BCUT2D eigenvalue weighted by Crippen LogP contribution is 2.35. The van der Waals surface area contributed by atoms with Crippen LogP contribution in [0.4, 0.5) is 0 Å². The van der Waals surface area contributed by atoms with Gasteiger partial charge in [-0.25, -0.2) is 8.42 Å². The molecule has 3 aromatic rings. The van der Waals surface area contributed by atoms with Gasteiger partial charge in [-0.05, 0) is 42.3 Å². The average molecular weight is 513 g/mol. The minimum Gasteiger partial charge on any atom is -0.468 e. The molecule has 0 unspecified atom stereocenters. The number of methoxy groups -OCH3 is 1. The van der Waals surface area contributed by atoms with E-state index in [1.54, 1.807) is 17.7 Å². The van der Waals surface area contributed by atoms with Crippen molar-refractivity contribution in [2.24, 2.45) is 7.05 Å². The van der Waals surface area contributed by atoms with Gasteiger partial charge in [0.2, 0.25) is 0 Å². The highest BCUT2D eigenvalue weighted by molar-refractivity contribution is 7.92. The summed E-state index contributed by atoms with van der Waals surface area (Å²) in [5.41, 5.74) is 2.30. The lowest BCUT2D eigenvalue weighted by Crippen LogP contribution is -2.32. The maximum absolute atomic E-state index is 13.0. The molecule has 0 fully saturated rings. The lowest BCUT2D eigenvalue weighted by Gasteiger charge is -2.17. The van der Waals surface area contributed by atoms with Crippen LogP contribution in [0.25, 0.3) is 10.9 Å². The van der Waals surface area contributed by atoms with Gasteiger partial charge in [0.05, 0.1) is 40.2 Å². The van der Waals surface area contributed by atoms with Crippen molar-refractivity contribution in [2.45, 2.75) is 17.9 Å². The molecule has 176 valence electrons. The van der Waals surface area contributed by atoms with Gasteiger partial charge in [-0.1, -0.05) is 35.3 Å². The second kappa shape index (κ2) is 9.72. The van der Waals surface area contributed by atoms with E-state index in [1.165, 1.54) is 24.3 Å². The van der Waals surface area contributed by atoms with Crippen molar-refractivity contribution in [3.8, 4) is 0 Å². The number of hydrogen-bond donors (Lipinski definition) is 2. The number of aliphatic hydroxyl groups excluding tert-OH is 1. The lowest BCUT2D eigenvalue weighted by molar-refractivity contribution is -0.137. The van der Waals surface area contributed by atoms with Gasteiger partial charge in [-0.3, -0.25) is 9.59 Å². The number of rotatable bonds is 7. The van der Waals surface area contributed by atoms with Gasteiger partial charge in [0, 0.05) is 12.4 Å². The number of nitrogens with one attached hydrogen (secondary N) is 1. The number of aromatic nitrogens is 1. The van der Waals surface area contributed by atoms with Crippen LogP contribution in [0.3, 0.4) is 0 Å². The summed E-state index contributed by atoms with van der Waals surface area (Å²) in [5.74, 6) is -2.11. The first kappa shape index (κ1) is 25.0. The molecule has 0 aliphatic rings. The number of amides is 1. The van der Waals surface area contributed by atoms with Crippen molar-refractivity contribution in [3.63, 3.8) is 0 Å². The fraction of sp³-hybridized carbons (Fsp3) is 0.273. The van der Waals surface area contributed by atoms with E-state index in [0.29, 0.717) is 26.7 Å². The molecule has 0 spiro atoms. The van der Waals surface area contributed by atoms with Gasteiger partial charge >= 0.3 is 5.97 Å². The Morgan fingerprint density at radius 3 is 2.36 bits per heavy atom. The number of carbonyl (C=O) groups excluding carboxylic acids is 2. The average Bonchev–Trinajstić information content (AvgIpc) is 3.12. The highest BCUT2D eigenvalue weighted by Gasteiger charge is 2.23. The van der Waals surface area contributed by atoms with E-state index in [2.05, 4.69) is 10.1 Å². The first-order valence-corrected chi connectivity index (χ1v) is 12.2. The van der Waals surface area contributed by atoms with E-state index < -0.39 is 40.1 Å². The normalized spacial score (nSPS) is 12.5. The summed E-state index contributed by atoms with van der Waals surface area (Å²) in [6.07, 6.45) is 0. The van der Waals surface area contributed by atoms with E-state index >= 15 is 0 Å². The van der Waals surface area contributed by atoms with Gasteiger partial charge < -0.3 is 19.7 Å². The molecule has 1 aromatic heterocycles. The molecule has 2 aromatic carbocycles. The topological polar surface area (TPSA) is 115 Å². The van der Waals surface area contributed by atoms with Crippen molar-refractivity contribution in [2.75, 3.05) is 19.5 Å². The molecule has 1 heterocycles. The quantitative estimate of drug-likeness (QED) is 0.469. The van der Waals surface area contributed by atoms with E-state index in [0.717, 1.165) is 18.2 Å². The third kappa shape index (κ3) is 5.01. The molecule has 2 N–H and O–H groups in total. The number of ether oxygens (including phenoxy) is 1. The molecule has 0 aliphatic heterocycles. The number of nitrogens with zero attached hydrogens (tertiary/aromatic N) is 1. The minimum absolute atomic E-state index is 0.0739. The Morgan fingerprint density at radius 2 is 1.79 bits per heavy atom. The van der Waals surface area contributed by atoms with Crippen molar-refractivity contribution in [3.05, 3.63) is 63.3 Å². The third-order valence-electron chi connectivity index (χ3n) is 5.31. The molecule has 0 bridgehead atoms. The van der Waals surface area contributed by atoms with Crippen LogP contribution in [0.2, 0.25) is 10.0 Å². The third-order valence-corrected chi connectivity index (χ3v) is 7.89. The number of fused-ring (bicyclic) bond motifs is 1. The molecule has 0 aliphatic carbocycles. The molecule has 1 atom stereocenters. The zero-order chi connectivity index (χ0) is 24.5. The zero-order valence-corrected chi connectivity index (χ0v) is 20.4. The predicted molar refractivity (Wildman–Crippen MR) is 125 cm³/mol. The maximum Gasteiger partial charge on any atom is 0.321 e. The summed E-state index contributed by atoms with van der Waals surface area (Å²) in [4.78, 5) is 24.2. The summed E-state index contributed by atoms with van der Waals surface area (Å²) in [5, 5.41) is 14.0. The fourth-order valence-corrected chi connectivity index (χ4v) is 5.02.